The van der Waals surface area contributed by atoms with Gasteiger partial charge in [0.15, 0.2) is 11.5 Å². The minimum atomic E-state index is -0.0934. The molecule has 0 fully saturated rings. The van der Waals surface area contributed by atoms with Crippen LogP contribution >= 0.6 is 11.3 Å². The highest BCUT2D eigenvalue weighted by Gasteiger charge is 2.22. The zero-order chi connectivity index (χ0) is 21.1. The van der Waals surface area contributed by atoms with E-state index in [9.17, 15) is 4.79 Å². The molecular formula is C23H27N3O3S. The first-order chi connectivity index (χ1) is 14.5. The second-order valence-corrected chi connectivity index (χ2v) is 9.06. The number of carbonyl (C=O) groups excluding carboxylic acids is 1. The van der Waals surface area contributed by atoms with Crippen LogP contribution in [0, 0.1) is 5.92 Å². The molecule has 4 rings (SSSR count). The zero-order valence-electron chi connectivity index (χ0n) is 17.6. The number of amides is 1. The van der Waals surface area contributed by atoms with Crippen molar-refractivity contribution in [3.63, 3.8) is 0 Å². The molecule has 1 N–H and O–H groups in total. The Morgan fingerprint density at radius 2 is 1.93 bits per heavy atom. The van der Waals surface area contributed by atoms with E-state index in [-0.39, 0.29) is 17.9 Å². The van der Waals surface area contributed by atoms with E-state index in [4.69, 9.17) is 9.47 Å². The van der Waals surface area contributed by atoms with E-state index in [1.165, 1.54) is 4.70 Å². The van der Waals surface area contributed by atoms with Gasteiger partial charge in [-0.1, -0.05) is 32.0 Å². The van der Waals surface area contributed by atoms with Crippen molar-refractivity contribution in [1.29, 1.82) is 0 Å². The largest absolute Gasteiger partial charge is 0.486 e. The fourth-order valence-electron chi connectivity index (χ4n) is 3.63. The zero-order valence-corrected chi connectivity index (χ0v) is 18.4. The van der Waals surface area contributed by atoms with Gasteiger partial charge in [0, 0.05) is 0 Å². The van der Waals surface area contributed by atoms with Crippen LogP contribution in [0.25, 0.3) is 10.2 Å². The molecule has 0 saturated heterocycles. The molecular weight excluding hydrogens is 398 g/mol. The van der Waals surface area contributed by atoms with E-state index < -0.39 is 0 Å². The quantitative estimate of drug-likeness (QED) is 0.620. The van der Waals surface area contributed by atoms with Gasteiger partial charge in [-0.25, -0.2) is 4.98 Å². The van der Waals surface area contributed by atoms with Gasteiger partial charge >= 0.3 is 0 Å². The lowest BCUT2D eigenvalue weighted by atomic mass is 9.95. The molecule has 1 aromatic heterocycles. The normalized spacial score (nSPS) is 14.3. The summed E-state index contributed by atoms with van der Waals surface area (Å²) in [6.07, 6.45) is 0. The van der Waals surface area contributed by atoms with Gasteiger partial charge in [0.1, 0.15) is 18.2 Å². The van der Waals surface area contributed by atoms with Crippen LogP contribution in [0.1, 0.15) is 30.5 Å². The number of para-hydroxylation sites is 1. The molecule has 0 unspecified atom stereocenters. The van der Waals surface area contributed by atoms with Crippen molar-refractivity contribution in [3.05, 3.63) is 53.0 Å². The van der Waals surface area contributed by atoms with Gasteiger partial charge in [0.25, 0.3) is 0 Å². The molecule has 1 atom stereocenters. The van der Waals surface area contributed by atoms with Crippen molar-refractivity contribution < 1.29 is 14.3 Å². The average Bonchev–Trinajstić information content (AvgIpc) is 3.13. The molecule has 0 bridgehead atoms. The number of thiazole rings is 1. The number of benzene rings is 2. The van der Waals surface area contributed by atoms with Crippen LogP contribution in [0.3, 0.4) is 0 Å². The molecule has 0 spiro atoms. The summed E-state index contributed by atoms with van der Waals surface area (Å²) in [5, 5.41) is 4.20. The maximum Gasteiger partial charge on any atom is 0.234 e. The minimum Gasteiger partial charge on any atom is -0.486 e. The van der Waals surface area contributed by atoms with Crippen molar-refractivity contribution in [3.8, 4) is 11.5 Å². The SMILES string of the molecule is CC(C)[C@@H](NC(=O)CN(C)Cc1nc2ccccc2s1)c1ccc2c(c1)OCCO2. The number of likely N-dealkylation sites (N-methyl/N-ethyl adjacent to an activating group) is 1. The standard InChI is InChI=1S/C23H27N3O3S/c1-15(2)23(16-8-9-18-19(12-16)29-11-10-28-18)25-21(27)13-26(3)14-22-24-17-6-4-5-7-20(17)30-22/h4-9,12,15,23H,10-11,13-14H2,1-3H3,(H,25,27)/t23-/m1/s1. The molecule has 0 radical (unpaired) electrons. The van der Waals surface area contributed by atoms with E-state index in [1.54, 1.807) is 11.3 Å². The Bertz CT molecular complexity index is 1000. The number of nitrogens with one attached hydrogen (secondary N) is 1. The first-order valence-electron chi connectivity index (χ1n) is 10.2. The highest BCUT2D eigenvalue weighted by Crippen LogP contribution is 2.34. The Kier molecular flexibility index (Phi) is 6.20. The summed E-state index contributed by atoms with van der Waals surface area (Å²) in [6, 6.07) is 13.9. The first kappa shape index (κ1) is 20.6. The van der Waals surface area contributed by atoms with Gasteiger partial charge in [-0.05, 0) is 42.8 Å². The van der Waals surface area contributed by atoms with Crippen molar-refractivity contribution in [2.75, 3.05) is 26.8 Å². The molecule has 0 saturated carbocycles. The predicted octanol–water partition coefficient (Wildman–Crippen LogP) is 4.01. The lowest BCUT2D eigenvalue weighted by molar-refractivity contribution is -0.123. The molecule has 2 aromatic carbocycles. The molecule has 30 heavy (non-hydrogen) atoms. The van der Waals surface area contributed by atoms with Crippen LogP contribution in [-0.2, 0) is 11.3 Å². The maximum atomic E-state index is 12.8. The number of aromatic nitrogens is 1. The van der Waals surface area contributed by atoms with E-state index in [0.29, 0.717) is 26.3 Å². The van der Waals surface area contributed by atoms with Crippen molar-refractivity contribution in [2.45, 2.75) is 26.4 Å². The molecule has 7 heteroatoms. The molecule has 3 aromatic rings. The van der Waals surface area contributed by atoms with Gasteiger partial charge in [-0.2, -0.15) is 0 Å². The van der Waals surface area contributed by atoms with Gasteiger partial charge in [-0.3, -0.25) is 9.69 Å². The summed E-state index contributed by atoms with van der Waals surface area (Å²) < 4.78 is 12.5. The van der Waals surface area contributed by atoms with Crippen LogP contribution in [0.4, 0.5) is 0 Å². The second-order valence-electron chi connectivity index (χ2n) is 7.94. The Labute approximate surface area is 180 Å². The van der Waals surface area contributed by atoms with Crippen LogP contribution in [-0.4, -0.2) is 42.6 Å². The van der Waals surface area contributed by atoms with Crippen LogP contribution in [0.2, 0.25) is 0 Å². The van der Waals surface area contributed by atoms with Gasteiger partial charge in [-0.15, -0.1) is 11.3 Å². The molecule has 6 nitrogen and oxygen atoms in total. The van der Waals surface area contributed by atoms with Crippen LogP contribution in [0.5, 0.6) is 11.5 Å². The first-order valence-corrected chi connectivity index (χ1v) is 11.0. The van der Waals surface area contributed by atoms with Crippen molar-refractivity contribution in [2.24, 2.45) is 5.92 Å². The predicted molar refractivity (Wildman–Crippen MR) is 119 cm³/mol. The summed E-state index contributed by atoms with van der Waals surface area (Å²) in [5.74, 6) is 1.74. The Morgan fingerprint density at radius 3 is 2.70 bits per heavy atom. The van der Waals surface area contributed by atoms with Crippen LogP contribution < -0.4 is 14.8 Å². The number of carbonyl (C=O) groups is 1. The minimum absolute atomic E-state index is 0.00722. The van der Waals surface area contributed by atoms with Gasteiger partial charge in [0.2, 0.25) is 5.91 Å². The molecule has 1 aliphatic rings. The molecule has 1 amide bonds. The Morgan fingerprint density at radius 1 is 1.17 bits per heavy atom. The number of ether oxygens (including phenoxy) is 2. The van der Waals surface area contributed by atoms with Crippen molar-refractivity contribution >= 4 is 27.5 Å². The number of hydrogen-bond acceptors (Lipinski definition) is 6. The van der Waals surface area contributed by atoms with Crippen LogP contribution in [0.15, 0.2) is 42.5 Å². The third-order valence-corrected chi connectivity index (χ3v) is 6.09. The van der Waals surface area contributed by atoms with E-state index in [0.717, 1.165) is 27.6 Å². The summed E-state index contributed by atoms with van der Waals surface area (Å²) >= 11 is 1.67. The highest BCUT2D eigenvalue weighted by molar-refractivity contribution is 7.18. The second kappa shape index (κ2) is 9.02. The average molecular weight is 426 g/mol. The Hall–Kier alpha value is -2.64. The fourth-order valence-corrected chi connectivity index (χ4v) is 4.67. The number of fused-ring (bicyclic) bond motifs is 2. The summed E-state index contributed by atoms with van der Waals surface area (Å²) in [7, 11) is 1.94. The number of rotatable bonds is 7. The highest BCUT2D eigenvalue weighted by atomic mass is 32.1. The third kappa shape index (κ3) is 4.74. The van der Waals surface area contributed by atoms with Gasteiger partial charge in [0.05, 0.1) is 29.3 Å². The molecule has 1 aliphatic heterocycles. The number of nitrogens with zero attached hydrogens (tertiary/aromatic N) is 2. The summed E-state index contributed by atoms with van der Waals surface area (Å²) in [5.41, 5.74) is 2.03. The van der Waals surface area contributed by atoms with E-state index >= 15 is 0 Å². The summed E-state index contributed by atoms with van der Waals surface area (Å²) in [6.45, 7) is 6.27. The smallest absolute Gasteiger partial charge is 0.234 e. The monoisotopic (exact) mass is 425 g/mol. The molecule has 2 heterocycles. The third-order valence-electron chi connectivity index (χ3n) is 5.07. The molecule has 0 aliphatic carbocycles. The number of hydrogen-bond donors (Lipinski definition) is 1. The van der Waals surface area contributed by atoms with E-state index in [2.05, 4.69) is 30.2 Å². The summed E-state index contributed by atoms with van der Waals surface area (Å²) in [4.78, 5) is 19.4. The lowest BCUT2D eigenvalue weighted by Crippen LogP contribution is -2.38. The lowest BCUT2D eigenvalue weighted by Gasteiger charge is -2.26. The topological polar surface area (TPSA) is 63.7 Å². The Balaban J connectivity index is 1.39. The van der Waals surface area contributed by atoms with E-state index in [1.807, 2.05) is 48.3 Å². The fraction of sp³-hybridized carbons (Fsp3) is 0.391. The van der Waals surface area contributed by atoms with Crippen molar-refractivity contribution in [1.82, 2.24) is 15.2 Å². The maximum absolute atomic E-state index is 12.8. The van der Waals surface area contributed by atoms with Gasteiger partial charge < -0.3 is 14.8 Å². The molecule has 158 valence electrons.